The topological polar surface area (TPSA) is 43.4 Å². The molecular weight excluding hydrogens is 240 g/mol. The highest BCUT2D eigenvalue weighted by molar-refractivity contribution is 5.27. The fraction of sp³-hybridized carbons (Fsp3) is 0.667. The van der Waals surface area contributed by atoms with Gasteiger partial charge in [-0.2, -0.15) is 0 Å². The number of aromatic nitrogens is 1. The fourth-order valence-corrected chi connectivity index (χ4v) is 2.15. The van der Waals surface area contributed by atoms with Crippen LogP contribution >= 0.6 is 0 Å². The summed E-state index contributed by atoms with van der Waals surface area (Å²) < 4.78 is 11.0. The van der Waals surface area contributed by atoms with Crippen molar-refractivity contribution in [2.24, 2.45) is 0 Å². The Bertz CT molecular complexity index is 378. The molecule has 19 heavy (non-hydrogen) atoms. The lowest BCUT2D eigenvalue weighted by Crippen LogP contribution is -2.43. The molecule has 1 N–H and O–H groups in total. The largest absolute Gasteiger partial charge is 0.495 e. The van der Waals surface area contributed by atoms with E-state index < -0.39 is 0 Å². The number of ether oxygens (including phenoxy) is 2. The lowest BCUT2D eigenvalue weighted by atomic mass is 9.88. The van der Waals surface area contributed by atoms with Gasteiger partial charge in [-0.25, -0.2) is 0 Å². The minimum atomic E-state index is -0.261. The highest BCUT2D eigenvalue weighted by Crippen LogP contribution is 2.32. The van der Waals surface area contributed by atoms with Crippen molar-refractivity contribution >= 4 is 0 Å². The smallest absolute Gasteiger partial charge is 0.137 e. The molecule has 2 unspecified atom stereocenters. The molecule has 0 fully saturated rings. The fourth-order valence-electron chi connectivity index (χ4n) is 2.15. The molecule has 1 aromatic rings. The zero-order valence-electron chi connectivity index (χ0n) is 12.7. The van der Waals surface area contributed by atoms with E-state index in [1.54, 1.807) is 20.4 Å². The third-order valence-corrected chi connectivity index (χ3v) is 3.68. The second-order valence-corrected chi connectivity index (χ2v) is 4.92. The van der Waals surface area contributed by atoms with Crippen molar-refractivity contribution in [3.05, 3.63) is 24.0 Å². The molecule has 0 amide bonds. The Morgan fingerprint density at radius 1 is 1.32 bits per heavy atom. The molecule has 1 heterocycles. The van der Waals surface area contributed by atoms with Gasteiger partial charge in [-0.1, -0.05) is 13.8 Å². The molecule has 108 valence electrons. The second-order valence-electron chi connectivity index (χ2n) is 4.92. The minimum absolute atomic E-state index is 0.102. The standard InChI is InChI=1S/C15H26N2O2/c1-6-8-17-14(15(3,7-2)19-5)12-9-13(18-4)11-16-10-12/h9-11,14,17H,6-8H2,1-5H3. The van der Waals surface area contributed by atoms with Crippen LogP contribution in [0.25, 0.3) is 0 Å². The van der Waals surface area contributed by atoms with Gasteiger partial charge in [0.2, 0.25) is 0 Å². The summed E-state index contributed by atoms with van der Waals surface area (Å²) in [6, 6.07) is 2.12. The molecule has 0 aromatic carbocycles. The Morgan fingerprint density at radius 3 is 2.58 bits per heavy atom. The number of hydrogen-bond donors (Lipinski definition) is 1. The van der Waals surface area contributed by atoms with E-state index in [2.05, 4.69) is 31.1 Å². The Hall–Kier alpha value is -1.13. The number of rotatable bonds is 8. The summed E-state index contributed by atoms with van der Waals surface area (Å²) in [5.74, 6) is 0.773. The third-order valence-electron chi connectivity index (χ3n) is 3.68. The van der Waals surface area contributed by atoms with Crippen molar-refractivity contribution in [2.75, 3.05) is 20.8 Å². The van der Waals surface area contributed by atoms with Crippen LogP contribution in [0.15, 0.2) is 18.5 Å². The summed E-state index contributed by atoms with van der Waals surface area (Å²) in [5.41, 5.74) is 0.836. The number of nitrogens with one attached hydrogen (secondary N) is 1. The van der Waals surface area contributed by atoms with Crippen LogP contribution in [0.3, 0.4) is 0 Å². The molecule has 0 radical (unpaired) electrons. The molecule has 4 nitrogen and oxygen atoms in total. The van der Waals surface area contributed by atoms with E-state index in [-0.39, 0.29) is 11.6 Å². The van der Waals surface area contributed by atoms with Gasteiger partial charge in [-0.15, -0.1) is 0 Å². The predicted molar refractivity (Wildman–Crippen MR) is 77.5 cm³/mol. The molecular formula is C15H26N2O2. The molecule has 1 rings (SSSR count). The van der Waals surface area contributed by atoms with Crippen LogP contribution < -0.4 is 10.1 Å². The molecule has 2 atom stereocenters. The van der Waals surface area contributed by atoms with Crippen molar-refractivity contribution in [1.82, 2.24) is 10.3 Å². The van der Waals surface area contributed by atoms with Gasteiger partial charge >= 0.3 is 0 Å². The molecule has 0 spiro atoms. The van der Waals surface area contributed by atoms with Gasteiger partial charge in [0, 0.05) is 13.3 Å². The van der Waals surface area contributed by atoms with Crippen LogP contribution in [0.2, 0.25) is 0 Å². The number of hydrogen-bond acceptors (Lipinski definition) is 4. The van der Waals surface area contributed by atoms with Gasteiger partial charge in [0.15, 0.2) is 0 Å². The minimum Gasteiger partial charge on any atom is -0.495 e. The summed E-state index contributed by atoms with van der Waals surface area (Å²) >= 11 is 0. The van der Waals surface area contributed by atoms with Gasteiger partial charge < -0.3 is 14.8 Å². The van der Waals surface area contributed by atoms with Gasteiger partial charge in [0.1, 0.15) is 5.75 Å². The average molecular weight is 266 g/mol. The molecule has 1 aromatic heterocycles. The maximum absolute atomic E-state index is 5.74. The maximum atomic E-state index is 5.74. The van der Waals surface area contributed by atoms with Crippen LogP contribution in [-0.2, 0) is 4.74 Å². The molecule has 0 saturated carbocycles. The van der Waals surface area contributed by atoms with Gasteiger partial charge in [-0.05, 0) is 37.9 Å². The molecule has 0 aliphatic rings. The maximum Gasteiger partial charge on any atom is 0.137 e. The van der Waals surface area contributed by atoms with E-state index in [1.807, 2.05) is 12.3 Å². The van der Waals surface area contributed by atoms with Crippen LogP contribution in [0.1, 0.15) is 45.2 Å². The van der Waals surface area contributed by atoms with Crippen LogP contribution in [0.5, 0.6) is 5.75 Å². The van der Waals surface area contributed by atoms with Crippen molar-refractivity contribution in [3.8, 4) is 5.75 Å². The van der Waals surface area contributed by atoms with Crippen molar-refractivity contribution in [2.45, 2.75) is 45.3 Å². The zero-order chi connectivity index (χ0) is 14.3. The SMILES string of the molecule is CCCNC(c1cncc(OC)c1)C(C)(CC)OC. The number of nitrogens with zero attached hydrogens (tertiary/aromatic N) is 1. The van der Waals surface area contributed by atoms with E-state index >= 15 is 0 Å². The zero-order valence-corrected chi connectivity index (χ0v) is 12.7. The molecule has 0 aliphatic heterocycles. The Labute approximate surface area is 116 Å². The Kier molecular flexibility index (Phi) is 6.25. The summed E-state index contributed by atoms with van der Waals surface area (Å²) in [5, 5.41) is 3.56. The summed E-state index contributed by atoms with van der Waals surface area (Å²) in [4.78, 5) is 4.25. The van der Waals surface area contributed by atoms with E-state index in [0.717, 1.165) is 30.7 Å². The number of pyridine rings is 1. The molecule has 4 heteroatoms. The summed E-state index contributed by atoms with van der Waals surface area (Å²) in [6.07, 6.45) is 5.60. The summed E-state index contributed by atoms with van der Waals surface area (Å²) in [7, 11) is 3.42. The van der Waals surface area contributed by atoms with E-state index in [4.69, 9.17) is 9.47 Å². The second kappa shape index (κ2) is 7.46. The summed E-state index contributed by atoms with van der Waals surface area (Å²) in [6.45, 7) is 7.36. The molecule has 0 bridgehead atoms. The normalized spacial score (nSPS) is 15.8. The van der Waals surface area contributed by atoms with Crippen molar-refractivity contribution < 1.29 is 9.47 Å². The first-order valence-electron chi connectivity index (χ1n) is 6.88. The first kappa shape index (κ1) is 15.9. The number of methoxy groups -OCH3 is 2. The van der Waals surface area contributed by atoms with Crippen LogP contribution in [0.4, 0.5) is 0 Å². The third kappa shape index (κ3) is 3.91. The Balaban J connectivity index is 3.07. The highest BCUT2D eigenvalue weighted by atomic mass is 16.5. The van der Waals surface area contributed by atoms with E-state index in [0.29, 0.717) is 0 Å². The van der Waals surface area contributed by atoms with Crippen molar-refractivity contribution in [3.63, 3.8) is 0 Å². The predicted octanol–water partition coefficient (Wildman–Crippen LogP) is 2.95. The molecule has 0 aliphatic carbocycles. The molecule has 0 saturated heterocycles. The van der Waals surface area contributed by atoms with Gasteiger partial charge in [-0.3, -0.25) is 4.98 Å². The first-order valence-corrected chi connectivity index (χ1v) is 6.88. The van der Waals surface area contributed by atoms with Crippen LogP contribution in [-0.4, -0.2) is 31.3 Å². The highest BCUT2D eigenvalue weighted by Gasteiger charge is 2.33. The quantitative estimate of drug-likeness (QED) is 0.785. The monoisotopic (exact) mass is 266 g/mol. The van der Waals surface area contributed by atoms with E-state index in [1.165, 1.54) is 0 Å². The average Bonchev–Trinajstić information content (AvgIpc) is 2.47. The lowest BCUT2D eigenvalue weighted by Gasteiger charge is -2.36. The van der Waals surface area contributed by atoms with Crippen molar-refractivity contribution in [1.29, 1.82) is 0 Å². The van der Waals surface area contributed by atoms with Gasteiger partial charge in [0.25, 0.3) is 0 Å². The lowest BCUT2D eigenvalue weighted by molar-refractivity contribution is -0.0300. The van der Waals surface area contributed by atoms with E-state index in [9.17, 15) is 0 Å². The Morgan fingerprint density at radius 2 is 2.05 bits per heavy atom. The van der Waals surface area contributed by atoms with Crippen LogP contribution in [0, 0.1) is 0 Å². The first-order chi connectivity index (χ1) is 9.11. The van der Waals surface area contributed by atoms with Gasteiger partial charge in [0.05, 0.1) is 24.9 Å².